The summed E-state index contributed by atoms with van der Waals surface area (Å²) >= 11 is 0. The number of ether oxygens (including phenoxy) is 1. The maximum Gasteiger partial charge on any atom is 0.328 e. The number of anilines is 1. The Labute approximate surface area is 164 Å². The number of amidine groups is 1. The van der Waals surface area contributed by atoms with Crippen LogP contribution in [0.1, 0.15) is 43.7 Å². The number of carbonyl (C=O) groups is 1. The van der Waals surface area contributed by atoms with E-state index in [1.807, 2.05) is 24.3 Å². The van der Waals surface area contributed by atoms with Gasteiger partial charge in [0.15, 0.2) is 0 Å². The highest BCUT2D eigenvalue weighted by molar-refractivity contribution is 6.16. The van der Waals surface area contributed by atoms with Crippen molar-refractivity contribution in [3.8, 4) is 5.75 Å². The molecule has 0 spiro atoms. The predicted octanol–water partition coefficient (Wildman–Crippen LogP) is 4.84. The summed E-state index contributed by atoms with van der Waals surface area (Å²) in [6.07, 6.45) is 5.65. The van der Waals surface area contributed by atoms with Gasteiger partial charge in [-0.1, -0.05) is 31.4 Å². The molecule has 2 aromatic rings. The van der Waals surface area contributed by atoms with Crippen molar-refractivity contribution >= 4 is 17.6 Å². The van der Waals surface area contributed by atoms with Crippen LogP contribution < -0.4 is 15.0 Å². The Morgan fingerprint density at radius 1 is 1.04 bits per heavy atom. The Bertz CT molecular complexity index is 858. The third kappa shape index (κ3) is 3.72. The molecule has 2 aliphatic rings. The van der Waals surface area contributed by atoms with Crippen LogP contribution in [-0.2, 0) is 0 Å². The molecule has 1 saturated heterocycles. The molecule has 1 aliphatic heterocycles. The third-order valence-corrected chi connectivity index (χ3v) is 5.40. The van der Waals surface area contributed by atoms with Crippen molar-refractivity contribution in [2.45, 2.75) is 44.2 Å². The highest BCUT2D eigenvalue weighted by Gasteiger charge is 2.39. The predicted molar refractivity (Wildman–Crippen MR) is 107 cm³/mol. The largest absolute Gasteiger partial charge is 0.497 e. The van der Waals surface area contributed by atoms with E-state index < -0.39 is 6.04 Å². The van der Waals surface area contributed by atoms with E-state index in [-0.39, 0.29) is 17.9 Å². The summed E-state index contributed by atoms with van der Waals surface area (Å²) in [7, 11) is 1.60. The van der Waals surface area contributed by atoms with E-state index in [1.165, 1.54) is 31.4 Å². The minimum absolute atomic E-state index is 0.225. The summed E-state index contributed by atoms with van der Waals surface area (Å²) in [6, 6.07) is 13.2. The molecule has 0 unspecified atom stereocenters. The van der Waals surface area contributed by atoms with Gasteiger partial charge in [0, 0.05) is 5.69 Å². The Hall–Kier alpha value is -2.89. The van der Waals surface area contributed by atoms with Crippen LogP contribution in [0.4, 0.5) is 14.9 Å². The zero-order chi connectivity index (χ0) is 19.5. The number of rotatable bonds is 4. The molecule has 4 rings (SSSR count). The number of hydrogen-bond donors (Lipinski definition) is 1. The van der Waals surface area contributed by atoms with Gasteiger partial charge in [0.05, 0.1) is 13.2 Å². The van der Waals surface area contributed by atoms with E-state index in [0.29, 0.717) is 5.84 Å². The van der Waals surface area contributed by atoms with Gasteiger partial charge in [0.2, 0.25) is 0 Å². The lowest BCUT2D eigenvalue weighted by molar-refractivity contribution is 0.252. The number of benzene rings is 2. The molecule has 28 heavy (non-hydrogen) atoms. The quantitative estimate of drug-likeness (QED) is 0.824. The molecular weight excluding hydrogens is 357 g/mol. The van der Waals surface area contributed by atoms with Crippen molar-refractivity contribution in [3.63, 3.8) is 0 Å². The van der Waals surface area contributed by atoms with Crippen LogP contribution in [0.25, 0.3) is 0 Å². The van der Waals surface area contributed by atoms with Crippen molar-refractivity contribution in [2.75, 3.05) is 12.0 Å². The average molecular weight is 381 g/mol. The SMILES string of the molecule is COc1ccc(N2C(=O)NC(=NC3CCCCC3)[C@H]2c2ccc(F)cc2)cc1. The van der Waals surface area contributed by atoms with Crippen LogP contribution in [0, 0.1) is 5.82 Å². The molecule has 0 bridgehead atoms. The fraction of sp³-hybridized carbons (Fsp3) is 0.364. The first-order valence-corrected chi connectivity index (χ1v) is 9.73. The second-order valence-corrected chi connectivity index (χ2v) is 7.26. The normalized spacial score (nSPS) is 21.8. The maximum atomic E-state index is 13.5. The average Bonchev–Trinajstić information content (AvgIpc) is 3.05. The summed E-state index contributed by atoms with van der Waals surface area (Å²) < 4.78 is 18.7. The number of halogens is 1. The van der Waals surface area contributed by atoms with Gasteiger partial charge in [0.1, 0.15) is 23.4 Å². The molecule has 1 aliphatic carbocycles. The van der Waals surface area contributed by atoms with Crippen molar-refractivity contribution in [1.29, 1.82) is 0 Å². The first-order chi connectivity index (χ1) is 13.7. The number of urea groups is 1. The molecule has 1 N–H and O–H groups in total. The first-order valence-electron chi connectivity index (χ1n) is 9.73. The number of methoxy groups -OCH3 is 1. The Kier molecular flexibility index (Phi) is 5.28. The summed E-state index contributed by atoms with van der Waals surface area (Å²) in [6.45, 7) is 0. The van der Waals surface area contributed by atoms with Crippen molar-refractivity contribution in [3.05, 3.63) is 59.9 Å². The topological polar surface area (TPSA) is 53.9 Å². The van der Waals surface area contributed by atoms with Gasteiger partial charge in [-0.15, -0.1) is 0 Å². The Morgan fingerprint density at radius 3 is 2.36 bits per heavy atom. The number of aliphatic imine (C=N–C) groups is 1. The lowest BCUT2D eigenvalue weighted by Gasteiger charge is -2.25. The molecule has 2 amide bonds. The number of amides is 2. The van der Waals surface area contributed by atoms with E-state index in [2.05, 4.69) is 5.32 Å². The summed E-state index contributed by atoms with van der Waals surface area (Å²) in [5, 5.41) is 2.95. The fourth-order valence-electron chi connectivity index (χ4n) is 3.95. The van der Waals surface area contributed by atoms with Gasteiger partial charge in [-0.3, -0.25) is 15.2 Å². The number of nitrogens with one attached hydrogen (secondary N) is 1. The molecular formula is C22H24FN3O2. The molecule has 1 heterocycles. The lowest BCUT2D eigenvalue weighted by Crippen LogP contribution is -2.29. The molecule has 2 aromatic carbocycles. The van der Waals surface area contributed by atoms with Crippen LogP contribution in [-0.4, -0.2) is 25.0 Å². The van der Waals surface area contributed by atoms with Gasteiger partial charge in [-0.25, -0.2) is 9.18 Å². The van der Waals surface area contributed by atoms with E-state index >= 15 is 0 Å². The second-order valence-electron chi connectivity index (χ2n) is 7.26. The maximum absolute atomic E-state index is 13.5. The highest BCUT2D eigenvalue weighted by Crippen LogP contribution is 2.34. The fourth-order valence-corrected chi connectivity index (χ4v) is 3.95. The van der Waals surface area contributed by atoms with Gasteiger partial charge in [0.25, 0.3) is 0 Å². The van der Waals surface area contributed by atoms with E-state index in [4.69, 9.17) is 9.73 Å². The molecule has 146 valence electrons. The van der Waals surface area contributed by atoms with Crippen LogP contribution in [0.15, 0.2) is 53.5 Å². The van der Waals surface area contributed by atoms with E-state index in [1.54, 1.807) is 24.1 Å². The summed E-state index contributed by atoms with van der Waals surface area (Å²) in [4.78, 5) is 19.4. The first kappa shape index (κ1) is 18.5. The van der Waals surface area contributed by atoms with Crippen LogP contribution in [0.5, 0.6) is 5.75 Å². The summed E-state index contributed by atoms with van der Waals surface area (Å²) in [5.74, 6) is 1.06. The molecule has 1 saturated carbocycles. The summed E-state index contributed by atoms with van der Waals surface area (Å²) in [5.41, 5.74) is 1.56. The van der Waals surface area contributed by atoms with E-state index in [9.17, 15) is 9.18 Å². The van der Waals surface area contributed by atoms with E-state index in [0.717, 1.165) is 29.8 Å². The zero-order valence-electron chi connectivity index (χ0n) is 15.9. The monoisotopic (exact) mass is 381 g/mol. The van der Waals surface area contributed by atoms with Gasteiger partial charge in [-0.2, -0.15) is 0 Å². The highest BCUT2D eigenvalue weighted by atomic mass is 19.1. The molecule has 0 radical (unpaired) electrons. The molecule has 2 fully saturated rings. The third-order valence-electron chi connectivity index (χ3n) is 5.40. The zero-order valence-corrected chi connectivity index (χ0v) is 15.9. The minimum Gasteiger partial charge on any atom is -0.497 e. The molecule has 0 aromatic heterocycles. The number of carbonyl (C=O) groups excluding carboxylic acids is 1. The molecule has 1 atom stereocenters. The van der Waals surface area contributed by atoms with Gasteiger partial charge >= 0.3 is 6.03 Å². The van der Waals surface area contributed by atoms with Gasteiger partial charge in [-0.05, 0) is 54.8 Å². The van der Waals surface area contributed by atoms with Gasteiger partial charge < -0.3 is 4.74 Å². The van der Waals surface area contributed by atoms with Crippen molar-refractivity contribution < 1.29 is 13.9 Å². The van der Waals surface area contributed by atoms with Crippen LogP contribution in [0.2, 0.25) is 0 Å². The minimum atomic E-state index is -0.400. The smallest absolute Gasteiger partial charge is 0.328 e. The van der Waals surface area contributed by atoms with Crippen molar-refractivity contribution in [2.24, 2.45) is 4.99 Å². The lowest BCUT2D eigenvalue weighted by atomic mass is 9.95. The van der Waals surface area contributed by atoms with Crippen molar-refractivity contribution in [1.82, 2.24) is 5.32 Å². The van der Waals surface area contributed by atoms with Crippen LogP contribution in [0.3, 0.4) is 0 Å². The Morgan fingerprint density at radius 2 is 1.71 bits per heavy atom. The number of hydrogen-bond acceptors (Lipinski definition) is 3. The Balaban J connectivity index is 1.73. The second kappa shape index (κ2) is 8.00. The molecule has 6 heteroatoms. The standard InChI is InChI=1S/C22H24FN3O2/c1-28-19-13-11-18(12-14-19)26-20(15-7-9-16(23)10-8-15)21(25-22(26)27)24-17-5-3-2-4-6-17/h7-14,17,20H,2-6H2,1H3,(H,24,25,27)/t20-/m1/s1. The number of nitrogens with zero attached hydrogens (tertiary/aromatic N) is 2. The van der Waals surface area contributed by atoms with Crippen LogP contribution >= 0.6 is 0 Å². The molecule has 5 nitrogen and oxygen atoms in total.